The third kappa shape index (κ3) is 9.90. The summed E-state index contributed by atoms with van der Waals surface area (Å²) in [4.78, 5) is 14.0. The minimum absolute atomic E-state index is 0.385. The number of hydrogen-bond acceptors (Lipinski definition) is 7. The molecular weight excluding hydrogens is 797 g/mol. The van der Waals surface area contributed by atoms with Crippen molar-refractivity contribution in [3.8, 4) is 28.7 Å². The molecule has 0 fully saturated rings. The third-order valence-corrected chi connectivity index (χ3v) is 8.24. The molecule has 0 aliphatic heterocycles. The number of benzene rings is 5. The van der Waals surface area contributed by atoms with Crippen LogP contribution in [0.5, 0.6) is 28.7 Å². The summed E-state index contributed by atoms with van der Waals surface area (Å²) >= 11 is 1.82. The van der Waals surface area contributed by atoms with Crippen molar-refractivity contribution in [3.05, 3.63) is 174 Å². The van der Waals surface area contributed by atoms with Crippen molar-refractivity contribution in [2.45, 2.75) is 0 Å². The molecule has 0 N–H and O–H groups in total. The molecule has 0 saturated carbocycles. The molecule has 1 aliphatic carbocycles. The van der Waals surface area contributed by atoms with Gasteiger partial charge in [0.25, 0.3) is 0 Å². The van der Waals surface area contributed by atoms with Gasteiger partial charge in [-0.05, 0) is 106 Å². The number of carbonyl (C=O) groups is 1. The summed E-state index contributed by atoms with van der Waals surface area (Å²) in [6, 6.07) is 38.1. The van der Waals surface area contributed by atoms with Gasteiger partial charge in [0.15, 0.2) is 0 Å². The van der Waals surface area contributed by atoms with Crippen LogP contribution in [0.15, 0.2) is 127 Å². The monoisotopic (exact) mass is 832 g/mol. The van der Waals surface area contributed by atoms with Gasteiger partial charge in [0.2, 0.25) is 0 Å². The van der Waals surface area contributed by atoms with E-state index in [0.29, 0.717) is 28.6 Å². The summed E-state index contributed by atoms with van der Waals surface area (Å²) in [5.41, 5.74) is 6.41. The summed E-state index contributed by atoms with van der Waals surface area (Å²) in [6.45, 7) is 9.00. The van der Waals surface area contributed by atoms with E-state index in [0.717, 1.165) is 56.4 Å². The number of esters is 1. The molecule has 9 nitrogen and oxygen atoms in total. The van der Waals surface area contributed by atoms with Gasteiger partial charge in [0.1, 0.15) is 40.4 Å². The number of ether oxygens (including phenoxy) is 6. The fourth-order valence-corrected chi connectivity index (χ4v) is 5.74. The van der Waals surface area contributed by atoms with E-state index in [4.69, 9.17) is 37.7 Å². The molecule has 1 radical (unpaired) electrons. The van der Waals surface area contributed by atoms with E-state index in [1.807, 2.05) is 114 Å². The van der Waals surface area contributed by atoms with Crippen LogP contribution in [0.2, 0.25) is 0 Å². The van der Waals surface area contributed by atoms with Crippen molar-refractivity contribution >= 4 is 32.4 Å². The molecule has 11 heteroatoms. The normalized spacial score (nSPS) is 11.7. The first-order valence-corrected chi connectivity index (χ1v) is 18.1. The summed E-state index contributed by atoms with van der Waals surface area (Å²) in [5.74, 6) is 4.17. The van der Waals surface area contributed by atoms with Crippen LogP contribution in [-0.4, -0.2) is 41.5 Å². The van der Waals surface area contributed by atoms with Crippen molar-refractivity contribution in [3.63, 3.8) is 0 Å². The summed E-state index contributed by atoms with van der Waals surface area (Å²) in [6.07, 6.45) is 0. The first-order chi connectivity index (χ1) is 26.5. The van der Waals surface area contributed by atoms with Crippen LogP contribution in [-0.2, 0) is 31.4 Å². The summed E-state index contributed by atoms with van der Waals surface area (Å²) < 4.78 is 48.8. The molecule has 0 heterocycles. The average molecular weight is 832 g/mol. The Morgan fingerprint density at radius 3 is 1.06 bits per heavy atom. The summed E-state index contributed by atoms with van der Waals surface area (Å²) in [5, 5.41) is 0. The zero-order valence-corrected chi connectivity index (χ0v) is 32.4. The van der Waals surface area contributed by atoms with Gasteiger partial charge in [-0.25, -0.2) is 4.79 Å². The average Bonchev–Trinajstić information content (AvgIpc) is 3.60. The van der Waals surface area contributed by atoms with Crippen molar-refractivity contribution in [1.29, 1.82) is 0 Å². The van der Waals surface area contributed by atoms with Gasteiger partial charge in [0.05, 0.1) is 41.1 Å². The molecule has 5 aromatic rings. The van der Waals surface area contributed by atoms with Crippen molar-refractivity contribution in [1.82, 2.24) is 0 Å². The molecular formula is C43H35ClO9Ru. The Hall–Kier alpha value is -5.56. The third-order valence-electron chi connectivity index (χ3n) is 8.24. The Bertz CT molecular complexity index is 2050. The number of carbonyl (C=O) groups excluding carboxylic acids is 1. The predicted octanol–water partition coefficient (Wildman–Crippen LogP) is 9.16. The molecule has 0 unspecified atom stereocenters. The van der Waals surface area contributed by atoms with Crippen LogP contribution < -0.4 is 23.7 Å². The predicted molar refractivity (Wildman–Crippen MR) is 200 cm³/mol. The quantitative estimate of drug-likeness (QED) is 0.0565. The van der Waals surface area contributed by atoms with Gasteiger partial charge in [-0.15, -0.1) is 0 Å². The van der Waals surface area contributed by atoms with E-state index >= 15 is 0 Å². The molecule has 6 rings (SSSR count). The second kappa shape index (κ2) is 21.8. The van der Waals surface area contributed by atoms with E-state index in [1.54, 1.807) is 59.8 Å². The van der Waals surface area contributed by atoms with E-state index in [9.17, 15) is 4.79 Å². The first-order valence-electron chi connectivity index (χ1n) is 15.8. The van der Waals surface area contributed by atoms with Crippen LogP contribution in [0.4, 0.5) is 0 Å². The molecule has 0 atom stereocenters. The topological polar surface area (TPSA) is 112 Å². The van der Waals surface area contributed by atoms with Gasteiger partial charge in [0, 0.05) is 5.57 Å². The molecule has 0 saturated heterocycles. The Morgan fingerprint density at radius 1 is 0.444 bits per heavy atom. The summed E-state index contributed by atoms with van der Waals surface area (Å²) in [7, 11) is 12.7. The van der Waals surface area contributed by atoms with Gasteiger partial charge < -0.3 is 28.4 Å². The maximum atomic E-state index is 14.0. The number of methoxy groups -OCH3 is 5. The second-order valence-electron chi connectivity index (χ2n) is 10.9. The first kappa shape index (κ1) is 42.9. The molecule has 0 amide bonds. The van der Waals surface area contributed by atoms with Crippen molar-refractivity contribution in [2.24, 2.45) is 0 Å². The fraction of sp³-hybridized carbons (Fsp3) is 0.116. The SMILES string of the molecule is COc1ccc([C]2C(OC(=O)c3ccc(OC)cc3)=C(c3ccc(OC)cc3)C(c3ccc(OC)cc3)=C2c2ccc(OC)cc2)cc1.[C-]#[O+].[C-]#[O+].[Cl][Ru]. The number of halogens is 1. The Kier molecular flexibility index (Phi) is 17.3. The van der Waals surface area contributed by atoms with Gasteiger partial charge in [-0.1, -0.05) is 48.5 Å². The molecule has 276 valence electrons. The Balaban J connectivity index is 0.00000124. The number of allylic oxidation sites excluding steroid dienone is 3. The van der Waals surface area contributed by atoms with Crippen LogP contribution >= 0.6 is 9.69 Å². The van der Waals surface area contributed by atoms with Crippen LogP contribution in [0, 0.1) is 19.2 Å². The zero-order chi connectivity index (χ0) is 39.6. The van der Waals surface area contributed by atoms with E-state index < -0.39 is 5.97 Å². The molecule has 54 heavy (non-hydrogen) atoms. The molecule has 0 bridgehead atoms. The van der Waals surface area contributed by atoms with E-state index in [-0.39, 0.29) is 0 Å². The molecule has 1 aliphatic rings. The molecule has 0 spiro atoms. The number of rotatable bonds is 11. The van der Waals surface area contributed by atoms with E-state index in [2.05, 4.69) is 23.0 Å². The standard InChI is InChI=1S/C41H35O7.2CO.ClH.Ru/c1-43-31-16-6-26(7-17-31)36-37(27-8-18-32(44-2)19-9-27)39(29-12-22-34(46-4)23-13-29)40(38(36)28-10-20-33(45-3)21-11-28)48-41(42)30-14-24-35(47-5)25-15-30;2*1-2;;/h6-25H,1-5H3;;;1H;/q;;;;+1/p-1. The Morgan fingerprint density at radius 2 is 0.722 bits per heavy atom. The molecule has 5 aromatic carbocycles. The minimum atomic E-state index is -0.505. The van der Waals surface area contributed by atoms with Crippen LogP contribution in [0.3, 0.4) is 0 Å². The van der Waals surface area contributed by atoms with E-state index in [1.165, 1.54) is 0 Å². The van der Waals surface area contributed by atoms with Gasteiger partial charge >= 0.3 is 55.6 Å². The van der Waals surface area contributed by atoms with Crippen molar-refractivity contribution in [2.75, 3.05) is 35.5 Å². The second-order valence-corrected chi connectivity index (χ2v) is 10.9. The number of hydrogen-bond donors (Lipinski definition) is 0. The zero-order valence-electron chi connectivity index (χ0n) is 30.0. The fourth-order valence-electron chi connectivity index (χ4n) is 5.74. The Labute approximate surface area is 329 Å². The maximum absolute atomic E-state index is 14.0. The van der Waals surface area contributed by atoms with Crippen LogP contribution in [0.1, 0.15) is 32.6 Å². The van der Waals surface area contributed by atoms with Crippen LogP contribution in [0.25, 0.3) is 16.7 Å². The van der Waals surface area contributed by atoms with Gasteiger partial charge in [-0.2, -0.15) is 0 Å². The van der Waals surface area contributed by atoms with Gasteiger partial charge in [-0.3, -0.25) is 0 Å². The van der Waals surface area contributed by atoms with Crippen molar-refractivity contribution < 1.29 is 59.8 Å². The molecule has 0 aromatic heterocycles.